The fourth-order valence-electron chi connectivity index (χ4n) is 10.7. The van der Waals surface area contributed by atoms with Crippen LogP contribution in [-0.4, -0.2) is 173 Å². The average Bonchev–Trinajstić information content (AvgIpc) is 3.33. The molecular formula is C55H103N3O17. The van der Waals surface area contributed by atoms with Gasteiger partial charge in [0.05, 0.1) is 60.9 Å². The number of nitrogens with two attached hydrogens (primary N) is 1. The number of unbranched alkanes of at least 4 members (excludes halogenated alkanes) is 5. The number of aliphatic imine (C=N–C) groups is 1. The van der Waals surface area contributed by atoms with Gasteiger partial charge in [0.25, 0.3) is 0 Å². The number of ether oxygens (including phenoxy) is 3. The van der Waals surface area contributed by atoms with E-state index in [4.69, 9.17) is 19.9 Å². The molecule has 2 bridgehead atoms. The first kappa shape index (κ1) is 68.3. The molecule has 0 aromatic carbocycles. The minimum absolute atomic E-state index is 0.0136. The number of guanidine groups is 1. The van der Waals surface area contributed by atoms with Crippen LogP contribution in [0.3, 0.4) is 0 Å². The number of carbonyl (C=O) groups excluding carboxylic acids is 2. The summed E-state index contributed by atoms with van der Waals surface area (Å²) in [5, 5.41) is 123. The molecule has 14 N–H and O–H groups in total. The molecule has 0 amide bonds. The number of aliphatic carboxylic acids is 1. The summed E-state index contributed by atoms with van der Waals surface area (Å²) in [6, 6.07) is 0. The molecule has 0 radical (unpaired) electrons. The van der Waals surface area contributed by atoms with Crippen molar-refractivity contribution in [3.8, 4) is 0 Å². The molecule has 0 aromatic rings. The van der Waals surface area contributed by atoms with Crippen LogP contribution >= 0.6 is 0 Å². The second-order valence-electron chi connectivity index (χ2n) is 22.9. The van der Waals surface area contributed by atoms with E-state index in [1.807, 2.05) is 13.8 Å². The van der Waals surface area contributed by atoms with Gasteiger partial charge in [-0.3, -0.25) is 19.4 Å². The number of cyclic esters (lactones) is 1. The molecule has 0 spiro atoms. The zero-order valence-corrected chi connectivity index (χ0v) is 46.5. The fourth-order valence-corrected chi connectivity index (χ4v) is 10.7. The normalized spacial score (nSPS) is 37.5. The largest absolute Gasteiger partial charge is 0.481 e. The predicted octanol–water partition coefficient (Wildman–Crippen LogP) is 3.96. The second kappa shape index (κ2) is 35.7. The fraction of sp³-hybridized carbons (Fsp3) is 0.927. The number of hydrogen-bond donors (Lipinski definition) is 13. The minimum Gasteiger partial charge on any atom is -0.481 e. The second-order valence-corrected chi connectivity index (χ2v) is 22.9. The number of aliphatic hydroxyl groups is 10. The molecule has 20 nitrogen and oxygen atoms in total. The first-order valence-corrected chi connectivity index (χ1v) is 28.4. The van der Waals surface area contributed by atoms with Crippen molar-refractivity contribution < 1.29 is 84.8 Å². The Morgan fingerprint density at radius 3 is 1.96 bits per heavy atom. The van der Waals surface area contributed by atoms with Gasteiger partial charge < -0.3 is 81.4 Å². The molecule has 19 atom stereocenters. The molecule has 0 saturated carbocycles. The Bertz CT molecular complexity index is 1630. The molecule has 2 fully saturated rings. The molecular weight excluding hydrogens is 975 g/mol. The van der Waals surface area contributed by atoms with Crippen LogP contribution in [0.4, 0.5) is 0 Å². The van der Waals surface area contributed by atoms with E-state index in [0.717, 1.165) is 64.3 Å². The number of esters is 2. The van der Waals surface area contributed by atoms with E-state index >= 15 is 0 Å². The van der Waals surface area contributed by atoms with Gasteiger partial charge in [0.1, 0.15) is 24.7 Å². The van der Waals surface area contributed by atoms with E-state index in [9.17, 15) is 70.6 Å². The number of nitrogens with one attached hydrogen (secondary N) is 1. The number of carboxylic acid groups (broad SMARTS) is 1. The number of fused-ring (bicyclic) bond motifs is 2. The predicted molar refractivity (Wildman–Crippen MR) is 283 cm³/mol. The number of aliphatic hydroxyl groups excluding tert-OH is 9. The molecule has 2 saturated heterocycles. The Morgan fingerprint density at radius 1 is 0.693 bits per heavy atom. The van der Waals surface area contributed by atoms with Gasteiger partial charge >= 0.3 is 17.9 Å². The van der Waals surface area contributed by atoms with Crippen LogP contribution in [0.2, 0.25) is 0 Å². The summed E-state index contributed by atoms with van der Waals surface area (Å²) in [5.41, 5.74) is 5.71. The molecule has 2 heterocycles. The van der Waals surface area contributed by atoms with Crippen molar-refractivity contribution in [2.75, 3.05) is 13.6 Å². The third kappa shape index (κ3) is 26.6. The van der Waals surface area contributed by atoms with Crippen LogP contribution in [0.5, 0.6) is 0 Å². The molecule has 0 aliphatic carbocycles. The van der Waals surface area contributed by atoms with Crippen molar-refractivity contribution in [1.29, 1.82) is 0 Å². The summed E-state index contributed by atoms with van der Waals surface area (Å²) in [7, 11) is 1.65. The summed E-state index contributed by atoms with van der Waals surface area (Å²) in [6.45, 7) is 12.1. The average molecular weight is 1080 g/mol. The zero-order valence-electron chi connectivity index (χ0n) is 46.5. The molecule has 20 heteroatoms. The van der Waals surface area contributed by atoms with Crippen molar-refractivity contribution in [2.45, 2.75) is 275 Å². The van der Waals surface area contributed by atoms with Crippen LogP contribution in [0.25, 0.3) is 0 Å². The van der Waals surface area contributed by atoms with Crippen molar-refractivity contribution in [3.63, 3.8) is 0 Å². The Morgan fingerprint density at radius 2 is 1.29 bits per heavy atom. The summed E-state index contributed by atoms with van der Waals surface area (Å²) >= 11 is 0. The standard InChI is InChI=1S/C55H103N3O17/c1-33-19-16-20-37(5)53(71)74-51(35(3)17-12-10-8-9-11-15-24-58-54(56)57-7)36(4)18-13-14-21-39(59)25-40(60)26-41(61)27-42(73-50(69)31-49(67)68)28-43-29-47(65)52(70)55(72,75-43)32-48(66)34(2)22-23-44(62)38(6)46(64)30-45(33)63/h33-48,51-52,59-66,70,72H,8-32H2,1-7H3,(H,67,68)(H3,56,57,58). The highest BCUT2D eigenvalue weighted by Crippen LogP contribution is 2.36. The Kier molecular flexibility index (Phi) is 32.5. The summed E-state index contributed by atoms with van der Waals surface area (Å²) in [4.78, 5) is 41.5. The van der Waals surface area contributed by atoms with Crippen molar-refractivity contribution >= 4 is 23.9 Å². The van der Waals surface area contributed by atoms with Gasteiger partial charge in [-0.25, -0.2) is 0 Å². The first-order chi connectivity index (χ1) is 35.3. The maximum Gasteiger partial charge on any atom is 0.317 e. The molecule has 0 aromatic heterocycles. The van der Waals surface area contributed by atoms with E-state index in [2.05, 4.69) is 24.2 Å². The quantitative estimate of drug-likeness (QED) is 0.0408. The first-order valence-electron chi connectivity index (χ1n) is 28.4. The van der Waals surface area contributed by atoms with Gasteiger partial charge in [-0.2, -0.15) is 0 Å². The van der Waals surface area contributed by atoms with E-state index < -0.39 is 115 Å². The van der Waals surface area contributed by atoms with Crippen LogP contribution in [0, 0.1) is 35.5 Å². The maximum atomic E-state index is 13.7. The molecule has 75 heavy (non-hydrogen) atoms. The Hall–Kier alpha value is -2.76. The van der Waals surface area contributed by atoms with E-state index in [1.54, 1.807) is 20.9 Å². The number of nitrogens with zero attached hydrogens (tertiary/aromatic N) is 1. The highest BCUT2D eigenvalue weighted by Gasteiger charge is 2.50. The Labute approximate surface area is 447 Å². The summed E-state index contributed by atoms with van der Waals surface area (Å²) in [6.07, 6.45) is -4.74. The summed E-state index contributed by atoms with van der Waals surface area (Å²) in [5.74, 6) is -6.66. The minimum atomic E-state index is -2.50. The van der Waals surface area contributed by atoms with Crippen LogP contribution in [0.15, 0.2) is 4.99 Å². The highest BCUT2D eigenvalue weighted by molar-refractivity contribution is 5.90. The maximum absolute atomic E-state index is 13.7. The monoisotopic (exact) mass is 1080 g/mol. The molecule has 19 unspecified atom stereocenters. The number of carboxylic acids is 1. The van der Waals surface area contributed by atoms with Crippen LogP contribution in [-0.2, 0) is 28.6 Å². The third-order valence-electron chi connectivity index (χ3n) is 16.0. The van der Waals surface area contributed by atoms with Crippen LogP contribution < -0.4 is 11.1 Å². The van der Waals surface area contributed by atoms with E-state index in [0.29, 0.717) is 38.1 Å². The number of hydrogen-bond acceptors (Lipinski definition) is 17. The number of rotatable bonds is 13. The lowest BCUT2D eigenvalue weighted by Gasteiger charge is -2.45. The van der Waals surface area contributed by atoms with Gasteiger partial charge in [-0.05, 0) is 94.3 Å². The summed E-state index contributed by atoms with van der Waals surface area (Å²) < 4.78 is 17.7. The van der Waals surface area contributed by atoms with Gasteiger partial charge in [0, 0.05) is 45.2 Å². The van der Waals surface area contributed by atoms with Gasteiger partial charge in [-0.15, -0.1) is 0 Å². The van der Waals surface area contributed by atoms with E-state index in [1.165, 1.54) is 0 Å². The SMILES string of the molecule is CN=C(N)NCCCCCCCCC(C)C1OC(=O)C(C)CCCC(C)C(O)CC(O)C(C)C(O)CCC(C)C(O)CC2(O)OC(CC(OC(=O)CC(=O)O)CC(O)CC(O)CC(O)CCCCC1C)CC(O)C2O. The molecule has 440 valence electrons. The van der Waals surface area contributed by atoms with E-state index in [-0.39, 0.29) is 81.2 Å². The highest BCUT2D eigenvalue weighted by atomic mass is 16.7. The molecule has 2 aliphatic heterocycles. The van der Waals surface area contributed by atoms with Gasteiger partial charge in [0.2, 0.25) is 0 Å². The van der Waals surface area contributed by atoms with Gasteiger partial charge in [-0.1, -0.05) is 92.9 Å². The van der Waals surface area contributed by atoms with Crippen molar-refractivity contribution in [2.24, 2.45) is 46.2 Å². The Balaban J connectivity index is 2.27. The van der Waals surface area contributed by atoms with Crippen molar-refractivity contribution in [3.05, 3.63) is 0 Å². The molecule has 2 rings (SSSR count). The lowest BCUT2D eigenvalue weighted by molar-refractivity contribution is -0.333. The molecule has 2 aliphatic rings. The van der Waals surface area contributed by atoms with Crippen molar-refractivity contribution in [1.82, 2.24) is 5.32 Å². The van der Waals surface area contributed by atoms with Gasteiger partial charge in [0.15, 0.2) is 11.7 Å². The third-order valence-corrected chi connectivity index (χ3v) is 16.0. The lowest BCUT2D eigenvalue weighted by atomic mass is 9.83. The van der Waals surface area contributed by atoms with Crippen LogP contribution in [0.1, 0.15) is 196 Å². The topological polar surface area (TPSA) is 352 Å². The smallest absolute Gasteiger partial charge is 0.317 e. The number of carbonyl (C=O) groups is 3. The zero-order chi connectivity index (χ0) is 56.4. The lowest BCUT2D eigenvalue weighted by Crippen LogP contribution is -2.60.